The molecule has 0 bridgehead atoms. The van der Waals surface area contributed by atoms with Gasteiger partial charge in [-0.15, -0.1) is 0 Å². The Morgan fingerprint density at radius 2 is 2.29 bits per heavy atom. The van der Waals surface area contributed by atoms with Gasteiger partial charge in [-0.1, -0.05) is 17.7 Å². The van der Waals surface area contributed by atoms with Gasteiger partial charge in [0.1, 0.15) is 5.15 Å². The van der Waals surface area contributed by atoms with Gasteiger partial charge < -0.3 is 5.73 Å². The van der Waals surface area contributed by atoms with Gasteiger partial charge in [-0.3, -0.25) is 4.90 Å². The van der Waals surface area contributed by atoms with Crippen LogP contribution in [0.15, 0.2) is 18.3 Å². The summed E-state index contributed by atoms with van der Waals surface area (Å²) in [6.45, 7) is 5.13. The van der Waals surface area contributed by atoms with E-state index < -0.39 is 0 Å². The number of likely N-dealkylation sites (tertiary alicyclic amines) is 1. The van der Waals surface area contributed by atoms with Crippen LogP contribution in [0, 0.1) is 5.92 Å². The summed E-state index contributed by atoms with van der Waals surface area (Å²) in [5, 5.41) is 0.556. The van der Waals surface area contributed by atoms with Crippen LogP contribution in [-0.2, 0) is 6.54 Å². The number of piperidine rings is 1. The molecule has 2 heterocycles. The van der Waals surface area contributed by atoms with Crippen LogP contribution < -0.4 is 5.73 Å². The van der Waals surface area contributed by atoms with Gasteiger partial charge in [0.05, 0.1) is 0 Å². The summed E-state index contributed by atoms with van der Waals surface area (Å²) in [5.41, 5.74) is 6.99. The van der Waals surface area contributed by atoms with Crippen LogP contribution in [0.4, 0.5) is 0 Å². The van der Waals surface area contributed by atoms with Crippen molar-refractivity contribution in [3.05, 3.63) is 29.0 Å². The molecule has 3 nitrogen and oxygen atoms in total. The molecule has 0 spiro atoms. The normalized spacial score (nSPS) is 26.1. The second kappa shape index (κ2) is 5.80. The van der Waals surface area contributed by atoms with Crippen molar-refractivity contribution >= 4 is 11.6 Å². The van der Waals surface area contributed by atoms with Crippen LogP contribution in [0.1, 0.15) is 25.3 Å². The van der Waals surface area contributed by atoms with E-state index in [0.29, 0.717) is 17.1 Å². The topological polar surface area (TPSA) is 42.1 Å². The highest BCUT2D eigenvalue weighted by atomic mass is 35.5. The molecule has 17 heavy (non-hydrogen) atoms. The minimum Gasteiger partial charge on any atom is -0.330 e. The third-order valence-electron chi connectivity index (χ3n) is 3.62. The number of aromatic nitrogens is 1. The number of pyridine rings is 1. The monoisotopic (exact) mass is 253 g/mol. The van der Waals surface area contributed by atoms with Gasteiger partial charge in [0, 0.05) is 25.3 Å². The lowest BCUT2D eigenvalue weighted by atomic mass is 9.93. The predicted octanol–water partition coefficient (Wildman–Crippen LogP) is 2.29. The van der Waals surface area contributed by atoms with E-state index in [4.69, 9.17) is 17.3 Å². The van der Waals surface area contributed by atoms with E-state index in [1.54, 1.807) is 0 Å². The predicted molar refractivity (Wildman–Crippen MR) is 70.9 cm³/mol. The first kappa shape index (κ1) is 12.8. The molecule has 1 aliphatic rings. The van der Waals surface area contributed by atoms with Gasteiger partial charge >= 0.3 is 0 Å². The average molecular weight is 254 g/mol. The number of hydrogen-bond donors (Lipinski definition) is 1. The maximum atomic E-state index is 5.79. The summed E-state index contributed by atoms with van der Waals surface area (Å²) in [5.74, 6) is 0.645. The maximum absolute atomic E-state index is 5.79. The maximum Gasteiger partial charge on any atom is 0.129 e. The Morgan fingerprint density at radius 3 is 2.94 bits per heavy atom. The zero-order valence-electron chi connectivity index (χ0n) is 10.3. The minimum atomic E-state index is 0.556. The average Bonchev–Trinajstić information content (AvgIpc) is 2.35. The van der Waals surface area contributed by atoms with Gasteiger partial charge in [-0.2, -0.15) is 0 Å². The fourth-order valence-corrected chi connectivity index (χ4v) is 2.52. The van der Waals surface area contributed by atoms with E-state index >= 15 is 0 Å². The fraction of sp³-hybridized carbons (Fsp3) is 0.615. The Morgan fingerprint density at radius 1 is 1.47 bits per heavy atom. The third kappa shape index (κ3) is 3.41. The molecule has 0 aromatic carbocycles. The van der Waals surface area contributed by atoms with Gasteiger partial charge in [-0.25, -0.2) is 4.98 Å². The van der Waals surface area contributed by atoms with Crippen LogP contribution in [-0.4, -0.2) is 29.0 Å². The van der Waals surface area contributed by atoms with Crippen molar-refractivity contribution in [1.29, 1.82) is 0 Å². The summed E-state index contributed by atoms with van der Waals surface area (Å²) < 4.78 is 0. The molecule has 2 N–H and O–H groups in total. The summed E-state index contributed by atoms with van der Waals surface area (Å²) in [7, 11) is 0. The molecular formula is C13H20ClN3. The fourth-order valence-electron chi connectivity index (χ4n) is 2.41. The van der Waals surface area contributed by atoms with Crippen molar-refractivity contribution in [3.63, 3.8) is 0 Å². The smallest absolute Gasteiger partial charge is 0.129 e. The first-order valence-corrected chi connectivity index (χ1v) is 6.61. The number of halogens is 1. The van der Waals surface area contributed by atoms with E-state index in [1.165, 1.54) is 18.4 Å². The lowest BCUT2D eigenvalue weighted by molar-refractivity contribution is 0.113. The van der Waals surface area contributed by atoms with E-state index in [9.17, 15) is 0 Å². The molecule has 1 aliphatic heterocycles. The van der Waals surface area contributed by atoms with Crippen LogP contribution in [0.3, 0.4) is 0 Å². The van der Waals surface area contributed by atoms with Gasteiger partial charge in [-0.05, 0) is 43.9 Å². The largest absolute Gasteiger partial charge is 0.330 e. The Bertz CT molecular complexity index is 352. The Kier molecular flexibility index (Phi) is 4.37. The third-order valence-corrected chi connectivity index (χ3v) is 3.84. The molecular weight excluding hydrogens is 234 g/mol. The van der Waals surface area contributed by atoms with Crippen molar-refractivity contribution in [1.82, 2.24) is 9.88 Å². The lowest BCUT2D eigenvalue weighted by Gasteiger charge is -2.37. The number of rotatable bonds is 3. The molecule has 0 amide bonds. The summed E-state index contributed by atoms with van der Waals surface area (Å²) in [6, 6.07) is 4.54. The molecule has 4 heteroatoms. The second-order valence-corrected chi connectivity index (χ2v) is 5.33. The van der Waals surface area contributed by atoms with Gasteiger partial charge in [0.15, 0.2) is 0 Å². The molecule has 1 aromatic heterocycles. The number of hydrogen-bond acceptors (Lipinski definition) is 3. The molecule has 2 rings (SSSR count). The first-order chi connectivity index (χ1) is 8.19. The highest BCUT2D eigenvalue weighted by Crippen LogP contribution is 2.23. The quantitative estimate of drug-likeness (QED) is 0.841. The molecule has 0 aliphatic carbocycles. The summed E-state index contributed by atoms with van der Waals surface area (Å²) >= 11 is 5.79. The lowest BCUT2D eigenvalue weighted by Crippen LogP contribution is -2.43. The molecule has 2 unspecified atom stereocenters. The number of nitrogens with zero attached hydrogens (tertiary/aromatic N) is 2. The second-order valence-electron chi connectivity index (χ2n) is 4.95. The van der Waals surface area contributed by atoms with Crippen molar-refractivity contribution in [2.75, 3.05) is 13.1 Å². The van der Waals surface area contributed by atoms with E-state index in [2.05, 4.69) is 16.8 Å². The van der Waals surface area contributed by atoms with E-state index in [-0.39, 0.29) is 0 Å². The van der Waals surface area contributed by atoms with Gasteiger partial charge in [0.2, 0.25) is 0 Å². The zero-order valence-corrected chi connectivity index (χ0v) is 11.0. The molecule has 2 atom stereocenters. The van der Waals surface area contributed by atoms with Crippen molar-refractivity contribution in [2.45, 2.75) is 32.4 Å². The first-order valence-electron chi connectivity index (χ1n) is 6.23. The van der Waals surface area contributed by atoms with Crippen molar-refractivity contribution < 1.29 is 0 Å². The molecule has 94 valence electrons. The Balaban J connectivity index is 1.98. The van der Waals surface area contributed by atoms with Crippen LogP contribution in [0.2, 0.25) is 5.15 Å². The Labute approximate surface area is 108 Å². The van der Waals surface area contributed by atoms with Crippen LogP contribution >= 0.6 is 11.6 Å². The highest BCUT2D eigenvalue weighted by Gasteiger charge is 2.24. The van der Waals surface area contributed by atoms with Gasteiger partial charge in [0.25, 0.3) is 0 Å². The number of nitrogens with two attached hydrogens (primary N) is 1. The van der Waals surface area contributed by atoms with E-state index in [1.807, 2.05) is 18.3 Å². The standard InChI is InChI=1S/C13H20ClN3/c1-10-2-3-11(6-15)8-17(10)9-12-4-5-13(14)16-7-12/h4-5,7,10-11H,2-3,6,8-9,15H2,1H3. The van der Waals surface area contributed by atoms with Crippen LogP contribution in [0.5, 0.6) is 0 Å². The highest BCUT2D eigenvalue weighted by molar-refractivity contribution is 6.29. The van der Waals surface area contributed by atoms with Crippen molar-refractivity contribution in [3.8, 4) is 0 Å². The summed E-state index contributed by atoms with van der Waals surface area (Å²) in [6.07, 6.45) is 4.36. The van der Waals surface area contributed by atoms with Crippen molar-refractivity contribution in [2.24, 2.45) is 11.7 Å². The minimum absolute atomic E-state index is 0.556. The molecule has 0 saturated carbocycles. The zero-order chi connectivity index (χ0) is 12.3. The van der Waals surface area contributed by atoms with Crippen LogP contribution in [0.25, 0.3) is 0 Å². The summed E-state index contributed by atoms with van der Waals surface area (Å²) in [4.78, 5) is 6.61. The molecule has 1 saturated heterocycles. The SMILES string of the molecule is CC1CCC(CN)CN1Cc1ccc(Cl)nc1. The Hall–Kier alpha value is -0.640. The molecule has 1 fully saturated rings. The molecule has 1 aromatic rings. The van der Waals surface area contributed by atoms with E-state index in [0.717, 1.165) is 19.6 Å². The molecule has 0 radical (unpaired) electrons.